The summed E-state index contributed by atoms with van der Waals surface area (Å²) in [6.45, 7) is 4.78. The summed E-state index contributed by atoms with van der Waals surface area (Å²) >= 11 is 0. The first-order chi connectivity index (χ1) is 12.9. The van der Waals surface area contributed by atoms with Gasteiger partial charge in [0.2, 0.25) is 5.91 Å². The Morgan fingerprint density at radius 1 is 1.11 bits per heavy atom. The Morgan fingerprint density at radius 3 is 2.67 bits per heavy atom. The SMILES string of the molecule is Cc1cc2c(cc1C)C(C(=O)NC(C(=O)O)c1ccc3c(c1)CCO3)CO2. The van der Waals surface area contributed by atoms with Crippen LogP contribution in [0.2, 0.25) is 0 Å². The van der Waals surface area contributed by atoms with E-state index in [0.29, 0.717) is 17.9 Å². The molecule has 2 aliphatic heterocycles. The molecule has 1 amide bonds. The van der Waals surface area contributed by atoms with E-state index in [9.17, 15) is 14.7 Å². The molecular formula is C21H21NO5. The number of aryl methyl sites for hydroxylation is 2. The van der Waals surface area contributed by atoms with Gasteiger partial charge >= 0.3 is 5.97 Å². The molecule has 2 heterocycles. The molecule has 0 saturated carbocycles. The summed E-state index contributed by atoms with van der Waals surface area (Å²) < 4.78 is 11.1. The van der Waals surface area contributed by atoms with Crippen LogP contribution in [0.15, 0.2) is 30.3 Å². The molecule has 2 aromatic rings. The van der Waals surface area contributed by atoms with Gasteiger partial charge in [0.05, 0.1) is 6.61 Å². The molecular weight excluding hydrogens is 346 g/mol. The Labute approximate surface area is 157 Å². The lowest BCUT2D eigenvalue weighted by atomic mass is 9.95. The highest BCUT2D eigenvalue weighted by molar-refractivity contribution is 5.90. The van der Waals surface area contributed by atoms with Crippen molar-refractivity contribution in [2.45, 2.75) is 32.2 Å². The molecule has 2 aliphatic rings. The van der Waals surface area contributed by atoms with Crippen molar-refractivity contribution in [2.24, 2.45) is 0 Å². The topological polar surface area (TPSA) is 84.9 Å². The van der Waals surface area contributed by atoms with Crippen molar-refractivity contribution < 1.29 is 24.2 Å². The van der Waals surface area contributed by atoms with Crippen molar-refractivity contribution in [2.75, 3.05) is 13.2 Å². The number of carboxylic acids is 1. The predicted octanol–water partition coefficient (Wildman–Crippen LogP) is 2.66. The Morgan fingerprint density at radius 2 is 1.89 bits per heavy atom. The molecule has 0 spiro atoms. The van der Waals surface area contributed by atoms with Gasteiger partial charge in [-0.3, -0.25) is 4.79 Å². The standard InChI is InChI=1S/C21H21NO5/c1-11-7-15-16(10-27-18(15)8-12(11)2)20(23)22-19(21(24)25)14-3-4-17-13(9-14)5-6-26-17/h3-4,7-9,16,19H,5-6,10H2,1-2H3,(H,22,23)(H,24,25). The molecule has 140 valence electrons. The summed E-state index contributed by atoms with van der Waals surface area (Å²) in [5, 5.41) is 12.3. The molecule has 0 fully saturated rings. The number of benzene rings is 2. The number of fused-ring (bicyclic) bond motifs is 2. The van der Waals surface area contributed by atoms with Gasteiger partial charge in [-0.15, -0.1) is 0 Å². The highest BCUT2D eigenvalue weighted by Crippen LogP contribution is 2.36. The molecule has 2 atom stereocenters. The van der Waals surface area contributed by atoms with Crippen LogP contribution in [0.1, 0.15) is 39.8 Å². The molecule has 0 bridgehead atoms. The number of hydrogen-bond acceptors (Lipinski definition) is 4. The third kappa shape index (κ3) is 3.12. The van der Waals surface area contributed by atoms with E-state index in [1.807, 2.05) is 26.0 Å². The summed E-state index contributed by atoms with van der Waals surface area (Å²) in [5.41, 5.74) is 4.49. The van der Waals surface area contributed by atoms with E-state index in [1.54, 1.807) is 18.2 Å². The van der Waals surface area contributed by atoms with Gasteiger partial charge in [0.1, 0.15) is 24.0 Å². The fourth-order valence-electron chi connectivity index (χ4n) is 3.61. The van der Waals surface area contributed by atoms with Crippen LogP contribution in [0.3, 0.4) is 0 Å². The molecule has 0 radical (unpaired) electrons. The van der Waals surface area contributed by atoms with E-state index < -0.39 is 17.9 Å². The van der Waals surface area contributed by atoms with E-state index in [1.165, 1.54) is 0 Å². The minimum absolute atomic E-state index is 0.217. The van der Waals surface area contributed by atoms with Crippen molar-refractivity contribution in [3.8, 4) is 11.5 Å². The fourth-order valence-corrected chi connectivity index (χ4v) is 3.61. The van der Waals surface area contributed by atoms with Crippen LogP contribution in [-0.2, 0) is 16.0 Å². The summed E-state index contributed by atoms with van der Waals surface area (Å²) in [4.78, 5) is 24.7. The molecule has 27 heavy (non-hydrogen) atoms. The Bertz CT molecular complexity index is 936. The van der Waals surface area contributed by atoms with Crippen LogP contribution in [0.5, 0.6) is 11.5 Å². The Kier molecular flexibility index (Phi) is 4.26. The second kappa shape index (κ2) is 6.61. The number of hydrogen-bond donors (Lipinski definition) is 2. The first kappa shape index (κ1) is 17.4. The molecule has 0 aliphatic carbocycles. The molecule has 2 aromatic carbocycles. The van der Waals surface area contributed by atoms with Crippen molar-refractivity contribution in [3.63, 3.8) is 0 Å². The van der Waals surface area contributed by atoms with Crippen molar-refractivity contribution in [3.05, 3.63) is 58.1 Å². The van der Waals surface area contributed by atoms with E-state index in [-0.39, 0.29) is 12.5 Å². The predicted molar refractivity (Wildman–Crippen MR) is 98.3 cm³/mol. The monoisotopic (exact) mass is 367 g/mol. The molecule has 0 aromatic heterocycles. The van der Waals surface area contributed by atoms with Crippen molar-refractivity contribution in [1.82, 2.24) is 5.32 Å². The van der Waals surface area contributed by atoms with E-state index in [4.69, 9.17) is 9.47 Å². The van der Waals surface area contributed by atoms with Crippen LogP contribution in [0.25, 0.3) is 0 Å². The van der Waals surface area contributed by atoms with Crippen LogP contribution < -0.4 is 14.8 Å². The number of aliphatic carboxylic acids is 1. The first-order valence-electron chi connectivity index (χ1n) is 8.97. The van der Waals surface area contributed by atoms with Gasteiger partial charge in [0.15, 0.2) is 6.04 Å². The Hall–Kier alpha value is -3.02. The number of ether oxygens (including phenoxy) is 2. The minimum atomic E-state index is -1.11. The number of carboxylic acid groups (broad SMARTS) is 1. The molecule has 6 nitrogen and oxygen atoms in total. The first-order valence-corrected chi connectivity index (χ1v) is 8.97. The lowest BCUT2D eigenvalue weighted by Crippen LogP contribution is -2.37. The van der Waals surface area contributed by atoms with Crippen molar-refractivity contribution in [1.29, 1.82) is 0 Å². The zero-order valence-corrected chi connectivity index (χ0v) is 15.2. The normalized spacial score (nSPS) is 18.1. The van der Waals surface area contributed by atoms with Crippen LogP contribution >= 0.6 is 0 Å². The maximum absolute atomic E-state index is 12.8. The quantitative estimate of drug-likeness (QED) is 0.868. The smallest absolute Gasteiger partial charge is 0.330 e. The number of carbonyl (C=O) groups is 2. The highest BCUT2D eigenvalue weighted by atomic mass is 16.5. The van der Waals surface area contributed by atoms with Crippen LogP contribution in [-0.4, -0.2) is 30.2 Å². The summed E-state index contributed by atoms with van der Waals surface area (Å²) in [5.74, 6) is -0.487. The minimum Gasteiger partial charge on any atom is -0.493 e. The average Bonchev–Trinajstić information content (AvgIpc) is 3.25. The van der Waals surface area contributed by atoms with Gasteiger partial charge < -0.3 is 19.9 Å². The number of amides is 1. The van der Waals surface area contributed by atoms with Crippen LogP contribution in [0.4, 0.5) is 0 Å². The van der Waals surface area contributed by atoms with Gasteiger partial charge in [-0.25, -0.2) is 4.79 Å². The van der Waals surface area contributed by atoms with Gasteiger partial charge in [0.25, 0.3) is 0 Å². The third-order valence-electron chi connectivity index (χ3n) is 5.30. The van der Waals surface area contributed by atoms with Crippen molar-refractivity contribution >= 4 is 11.9 Å². The third-order valence-corrected chi connectivity index (χ3v) is 5.30. The summed E-state index contributed by atoms with van der Waals surface area (Å²) in [6, 6.07) is 8.01. The molecule has 4 rings (SSSR count). The fraction of sp³-hybridized carbons (Fsp3) is 0.333. The maximum atomic E-state index is 12.8. The number of nitrogens with one attached hydrogen (secondary N) is 1. The van der Waals surface area contributed by atoms with Gasteiger partial charge in [-0.1, -0.05) is 12.1 Å². The molecule has 2 unspecified atom stereocenters. The molecule has 2 N–H and O–H groups in total. The number of rotatable bonds is 4. The second-order valence-corrected chi connectivity index (χ2v) is 7.08. The average molecular weight is 367 g/mol. The van der Waals surface area contributed by atoms with Crippen LogP contribution in [0, 0.1) is 13.8 Å². The molecule has 0 saturated heterocycles. The second-order valence-electron chi connectivity index (χ2n) is 7.08. The van der Waals surface area contributed by atoms with Gasteiger partial charge in [-0.05, 0) is 54.3 Å². The number of carbonyl (C=O) groups excluding carboxylic acids is 1. The zero-order chi connectivity index (χ0) is 19.1. The lowest BCUT2D eigenvalue weighted by molar-refractivity contribution is -0.142. The van der Waals surface area contributed by atoms with E-state index in [2.05, 4.69) is 5.32 Å². The molecule has 6 heteroatoms. The largest absolute Gasteiger partial charge is 0.493 e. The highest BCUT2D eigenvalue weighted by Gasteiger charge is 2.34. The summed E-state index contributed by atoms with van der Waals surface area (Å²) in [6.07, 6.45) is 0.742. The van der Waals surface area contributed by atoms with Gasteiger partial charge in [0, 0.05) is 12.0 Å². The van der Waals surface area contributed by atoms with E-state index >= 15 is 0 Å². The summed E-state index contributed by atoms with van der Waals surface area (Å²) in [7, 11) is 0. The van der Waals surface area contributed by atoms with Gasteiger partial charge in [-0.2, -0.15) is 0 Å². The van der Waals surface area contributed by atoms with E-state index in [0.717, 1.165) is 34.4 Å². The maximum Gasteiger partial charge on any atom is 0.330 e. The lowest BCUT2D eigenvalue weighted by Gasteiger charge is -2.18. The zero-order valence-electron chi connectivity index (χ0n) is 15.2. The Balaban J connectivity index is 1.58.